The van der Waals surface area contributed by atoms with E-state index in [0.717, 1.165) is 6.42 Å². The van der Waals surface area contributed by atoms with E-state index in [1.807, 2.05) is 0 Å². The smallest absolute Gasteiger partial charge is 0.255 e. The molecule has 0 aliphatic carbocycles. The highest BCUT2D eigenvalue weighted by Crippen LogP contribution is 2.11. The lowest BCUT2D eigenvalue weighted by Gasteiger charge is -2.08. The molecule has 5 heteroatoms. The molecule has 0 fully saturated rings. The number of hydrogen-bond donors (Lipinski definition) is 3. The van der Waals surface area contributed by atoms with Gasteiger partial charge in [-0.15, -0.1) is 0 Å². The van der Waals surface area contributed by atoms with Gasteiger partial charge >= 0.3 is 0 Å². The van der Waals surface area contributed by atoms with E-state index in [-0.39, 0.29) is 5.91 Å². The van der Waals surface area contributed by atoms with Crippen molar-refractivity contribution in [2.45, 2.75) is 58.3 Å². The van der Waals surface area contributed by atoms with Gasteiger partial charge in [0.1, 0.15) is 0 Å². The summed E-state index contributed by atoms with van der Waals surface area (Å²) in [4.78, 5) is 15.9. The van der Waals surface area contributed by atoms with Crippen molar-refractivity contribution < 1.29 is 4.79 Å². The molecule has 0 saturated heterocycles. The molecule has 0 aliphatic rings. The average molecular weight is 292 g/mol. The van der Waals surface area contributed by atoms with Gasteiger partial charge in [0, 0.05) is 18.9 Å². The van der Waals surface area contributed by atoms with Crippen LogP contribution in [0.3, 0.4) is 0 Å². The first-order chi connectivity index (χ1) is 10.3. The number of amides is 1. The largest absolute Gasteiger partial charge is 0.352 e. The first-order valence-corrected chi connectivity index (χ1v) is 7.98. The number of nitrogens with one attached hydrogen (secondary N) is 2. The van der Waals surface area contributed by atoms with Crippen LogP contribution in [-0.2, 0) is 0 Å². The number of carbonyl (C=O) groups excluding carboxylic acids is 1. The Labute approximate surface area is 127 Å². The Balaban J connectivity index is 2.11. The van der Waals surface area contributed by atoms with Gasteiger partial charge in [-0.3, -0.25) is 15.6 Å². The highest BCUT2D eigenvalue weighted by atomic mass is 16.1. The van der Waals surface area contributed by atoms with Crippen LogP contribution in [0.5, 0.6) is 0 Å². The van der Waals surface area contributed by atoms with E-state index in [4.69, 9.17) is 5.84 Å². The molecule has 118 valence electrons. The minimum absolute atomic E-state index is 0.126. The molecule has 0 radical (unpaired) electrons. The first-order valence-electron chi connectivity index (χ1n) is 7.98. The van der Waals surface area contributed by atoms with Gasteiger partial charge < -0.3 is 10.7 Å². The van der Waals surface area contributed by atoms with Crippen molar-refractivity contribution in [2.75, 3.05) is 12.0 Å². The summed E-state index contributed by atoms with van der Waals surface area (Å²) < 4.78 is 0. The van der Waals surface area contributed by atoms with E-state index in [1.165, 1.54) is 51.1 Å². The zero-order valence-corrected chi connectivity index (χ0v) is 13.0. The Morgan fingerprint density at radius 2 is 1.81 bits per heavy atom. The molecule has 4 N–H and O–H groups in total. The second-order valence-electron chi connectivity index (χ2n) is 5.30. The van der Waals surface area contributed by atoms with Crippen LogP contribution in [0, 0.1) is 0 Å². The Morgan fingerprint density at radius 3 is 2.48 bits per heavy atom. The van der Waals surface area contributed by atoms with Crippen LogP contribution in [-0.4, -0.2) is 17.4 Å². The number of hydrogen-bond acceptors (Lipinski definition) is 4. The molecular formula is C16H28N4O. The molecule has 0 spiro atoms. The molecule has 1 rings (SSSR count). The minimum Gasteiger partial charge on any atom is -0.352 e. The van der Waals surface area contributed by atoms with Crippen molar-refractivity contribution in [3.8, 4) is 0 Å². The molecule has 1 aromatic heterocycles. The SMILES string of the molecule is CCCCCCCCCCNC(=O)c1cnccc1NN. The number of nitrogens with two attached hydrogens (primary N) is 1. The number of rotatable bonds is 11. The number of anilines is 1. The zero-order valence-electron chi connectivity index (χ0n) is 13.0. The van der Waals surface area contributed by atoms with Crippen molar-refractivity contribution >= 4 is 11.6 Å². The molecule has 0 aliphatic heterocycles. The predicted octanol–water partition coefficient (Wildman–Crippen LogP) is 3.24. The lowest BCUT2D eigenvalue weighted by atomic mass is 10.1. The quantitative estimate of drug-likeness (QED) is 0.332. The van der Waals surface area contributed by atoms with Gasteiger partial charge in [-0.2, -0.15) is 0 Å². The molecule has 0 atom stereocenters. The lowest BCUT2D eigenvalue weighted by Crippen LogP contribution is -2.26. The summed E-state index contributed by atoms with van der Waals surface area (Å²) >= 11 is 0. The van der Waals surface area contributed by atoms with Gasteiger partial charge in [0.15, 0.2) is 0 Å². The third kappa shape index (κ3) is 7.09. The monoisotopic (exact) mass is 292 g/mol. The van der Waals surface area contributed by atoms with Crippen LogP contribution < -0.4 is 16.6 Å². The van der Waals surface area contributed by atoms with Gasteiger partial charge in [0.05, 0.1) is 11.3 Å². The second kappa shape index (κ2) is 11.1. The highest BCUT2D eigenvalue weighted by Gasteiger charge is 2.09. The fourth-order valence-electron chi connectivity index (χ4n) is 2.26. The standard InChI is InChI=1S/C16H28N4O/c1-2-3-4-5-6-7-8-9-11-19-16(21)14-13-18-12-10-15(14)20-17/h10,12-13H,2-9,11,17H2,1H3,(H,18,20)(H,19,21). The van der Waals surface area contributed by atoms with Crippen LogP contribution >= 0.6 is 0 Å². The highest BCUT2D eigenvalue weighted by molar-refractivity contribution is 5.99. The number of unbranched alkanes of at least 4 members (excludes halogenated alkanes) is 7. The second-order valence-corrected chi connectivity index (χ2v) is 5.30. The average Bonchev–Trinajstić information content (AvgIpc) is 2.53. The molecule has 1 amide bonds. The van der Waals surface area contributed by atoms with Crippen molar-refractivity contribution in [3.05, 3.63) is 24.0 Å². The van der Waals surface area contributed by atoms with Crippen molar-refractivity contribution in [1.29, 1.82) is 0 Å². The van der Waals surface area contributed by atoms with E-state index < -0.39 is 0 Å². The van der Waals surface area contributed by atoms with Crippen molar-refractivity contribution in [3.63, 3.8) is 0 Å². The van der Waals surface area contributed by atoms with Crippen molar-refractivity contribution in [2.24, 2.45) is 5.84 Å². The van der Waals surface area contributed by atoms with Gasteiger partial charge in [-0.1, -0.05) is 51.9 Å². The molecule has 21 heavy (non-hydrogen) atoms. The summed E-state index contributed by atoms with van der Waals surface area (Å²) in [6.07, 6.45) is 13.2. The van der Waals surface area contributed by atoms with E-state index in [1.54, 1.807) is 12.3 Å². The van der Waals surface area contributed by atoms with Gasteiger partial charge in [-0.25, -0.2) is 0 Å². The summed E-state index contributed by atoms with van der Waals surface area (Å²) in [7, 11) is 0. The molecule has 0 bridgehead atoms. The number of pyridine rings is 1. The topological polar surface area (TPSA) is 80.0 Å². The number of nitrogens with zero attached hydrogens (tertiary/aromatic N) is 1. The molecule has 0 unspecified atom stereocenters. The van der Waals surface area contributed by atoms with Gasteiger partial charge in [0.25, 0.3) is 5.91 Å². The van der Waals surface area contributed by atoms with Crippen molar-refractivity contribution in [1.82, 2.24) is 10.3 Å². The maximum Gasteiger partial charge on any atom is 0.255 e. The maximum atomic E-state index is 12.0. The summed E-state index contributed by atoms with van der Waals surface area (Å²) in [5.41, 5.74) is 3.59. The van der Waals surface area contributed by atoms with E-state index in [2.05, 4.69) is 22.7 Å². The minimum atomic E-state index is -0.126. The zero-order chi connectivity index (χ0) is 15.3. The van der Waals surface area contributed by atoms with Crippen LogP contribution in [0.25, 0.3) is 0 Å². The van der Waals surface area contributed by atoms with Crippen LogP contribution in [0.4, 0.5) is 5.69 Å². The molecule has 1 heterocycles. The Morgan fingerprint density at radius 1 is 1.14 bits per heavy atom. The fraction of sp³-hybridized carbons (Fsp3) is 0.625. The number of nitrogen functional groups attached to an aromatic ring is 1. The molecular weight excluding hydrogens is 264 g/mol. The van der Waals surface area contributed by atoms with E-state index in [0.29, 0.717) is 17.8 Å². The molecule has 1 aromatic rings. The molecule has 5 nitrogen and oxygen atoms in total. The van der Waals surface area contributed by atoms with E-state index >= 15 is 0 Å². The Bertz CT molecular complexity index is 409. The van der Waals surface area contributed by atoms with Crippen LogP contribution in [0.1, 0.15) is 68.6 Å². The maximum absolute atomic E-state index is 12.0. The summed E-state index contributed by atoms with van der Waals surface area (Å²) in [5, 5.41) is 2.91. The van der Waals surface area contributed by atoms with Gasteiger partial charge in [0.2, 0.25) is 0 Å². The Kier molecular flexibility index (Phi) is 9.20. The Hall–Kier alpha value is -1.62. The first kappa shape index (κ1) is 17.4. The number of carbonyl (C=O) groups is 1. The van der Waals surface area contributed by atoms with Gasteiger partial charge in [-0.05, 0) is 12.5 Å². The summed E-state index contributed by atoms with van der Waals surface area (Å²) in [5.74, 6) is 5.25. The molecule has 0 aromatic carbocycles. The summed E-state index contributed by atoms with van der Waals surface area (Å²) in [6.45, 7) is 2.93. The fourth-order valence-corrected chi connectivity index (χ4v) is 2.26. The third-order valence-electron chi connectivity index (χ3n) is 3.54. The number of aromatic nitrogens is 1. The predicted molar refractivity (Wildman–Crippen MR) is 87.0 cm³/mol. The third-order valence-corrected chi connectivity index (χ3v) is 3.54. The summed E-state index contributed by atoms with van der Waals surface area (Å²) in [6, 6.07) is 1.69. The number of hydrazine groups is 1. The normalized spacial score (nSPS) is 10.4. The van der Waals surface area contributed by atoms with Crippen LogP contribution in [0.15, 0.2) is 18.5 Å². The lowest BCUT2D eigenvalue weighted by molar-refractivity contribution is 0.0953. The molecule has 0 saturated carbocycles. The van der Waals surface area contributed by atoms with E-state index in [9.17, 15) is 4.79 Å². The van der Waals surface area contributed by atoms with Crippen LogP contribution in [0.2, 0.25) is 0 Å².